The smallest absolute Gasteiger partial charge is 0.258 e. The number of nitrogens with zero attached hydrogens (tertiary/aromatic N) is 2. The molecule has 7 heteroatoms. The molecule has 37 heavy (non-hydrogen) atoms. The van der Waals surface area contributed by atoms with Crippen molar-refractivity contribution in [3.8, 4) is 0 Å². The molecule has 4 rings (SSSR count). The highest BCUT2D eigenvalue weighted by Gasteiger charge is 2.32. The number of benzene rings is 3. The van der Waals surface area contributed by atoms with Gasteiger partial charge >= 0.3 is 0 Å². The Hall–Kier alpha value is -3.38. The monoisotopic (exact) mass is 519 g/mol. The van der Waals surface area contributed by atoms with Crippen molar-refractivity contribution in [2.45, 2.75) is 65.1 Å². The Kier molecular flexibility index (Phi) is 7.88. The minimum atomic E-state index is -0.630. The summed E-state index contributed by atoms with van der Waals surface area (Å²) in [5.41, 5.74) is 1.95. The summed E-state index contributed by atoms with van der Waals surface area (Å²) in [5.74, 6) is -0.367. The summed E-state index contributed by atoms with van der Waals surface area (Å²) in [6.45, 7) is 8.32. The average molecular weight is 520 g/mol. The Bertz CT molecular complexity index is 1330. The van der Waals surface area contributed by atoms with E-state index in [-0.39, 0.29) is 30.7 Å². The topological polar surface area (TPSA) is 69.7 Å². The van der Waals surface area contributed by atoms with Crippen molar-refractivity contribution < 1.29 is 14.4 Å². The van der Waals surface area contributed by atoms with Gasteiger partial charge in [0.05, 0.1) is 5.69 Å². The number of hydrogen-bond acceptors (Lipinski definition) is 3. The molecule has 3 amide bonds. The van der Waals surface area contributed by atoms with E-state index in [1.807, 2.05) is 82.3 Å². The van der Waals surface area contributed by atoms with Crippen LogP contribution >= 0.6 is 11.6 Å². The molecule has 194 valence electrons. The number of halogens is 1. The lowest BCUT2D eigenvalue weighted by Gasteiger charge is -2.33. The summed E-state index contributed by atoms with van der Waals surface area (Å²) in [6.07, 6.45) is 1.16. The first-order chi connectivity index (χ1) is 17.6. The molecule has 0 unspecified atom stereocenters. The van der Waals surface area contributed by atoms with Crippen molar-refractivity contribution in [3.63, 3.8) is 0 Å². The predicted octanol–water partition coefficient (Wildman–Crippen LogP) is 5.96. The summed E-state index contributed by atoms with van der Waals surface area (Å²) in [5, 5.41) is 5.57. The van der Waals surface area contributed by atoms with Crippen molar-refractivity contribution >= 4 is 45.8 Å². The zero-order valence-electron chi connectivity index (χ0n) is 21.9. The number of rotatable bonds is 9. The second kappa shape index (κ2) is 10.9. The maximum atomic E-state index is 13.6. The Labute approximate surface area is 223 Å². The van der Waals surface area contributed by atoms with Crippen molar-refractivity contribution in [2.75, 3.05) is 11.4 Å². The molecule has 0 fully saturated rings. The minimum Gasteiger partial charge on any atom is -0.350 e. The zero-order valence-corrected chi connectivity index (χ0v) is 22.6. The molecular formula is C30H34ClN3O3. The van der Waals surface area contributed by atoms with E-state index in [1.165, 1.54) is 0 Å². The molecule has 3 aromatic rings. The first-order valence-corrected chi connectivity index (χ1v) is 13.2. The van der Waals surface area contributed by atoms with Crippen LogP contribution in [0.15, 0.2) is 60.7 Å². The van der Waals surface area contributed by atoms with Crippen LogP contribution in [0, 0.1) is 0 Å². The predicted molar refractivity (Wildman–Crippen MR) is 149 cm³/mol. The Morgan fingerprint density at radius 1 is 1.03 bits per heavy atom. The molecule has 1 aliphatic rings. The fourth-order valence-corrected chi connectivity index (χ4v) is 5.11. The number of anilines is 1. The molecule has 0 aliphatic carbocycles. The summed E-state index contributed by atoms with van der Waals surface area (Å²) >= 11 is 6.41. The van der Waals surface area contributed by atoms with Crippen LogP contribution in [-0.4, -0.2) is 40.7 Å². The standard InChI is InChI=1S/C30H34ClN3O3/c1-5-24(28(36)32-30(2,3)4)34(19-21-11-6-7-15-23(21)31)26(35)17-10-18-33-25-16-9-13-20-12-8-14-22(27(20)25)29(33)37/h6-9,11-16,24H,5,10,17-19H2,1-4H3,(H,32,36)/t24-/m1/s1. The molecule has 1 atom stereocenters. The van der Waals surface area contributed by atoms with Crippen molar-refractivity contribution in [1.29, 1.82) is 0 Å². The summed E-state index contributed by atoms with van der Waals surface area (Å²) in [4.78, 5) is 43.3. The molecule has 3 aromatic carbocycles. The summed E-state index contributed by atoms with van der Waals surface area (Å²) in [6, 6.07) is 18.4. The highest BCUT2D eigenvalue weighted by atomic mass is 35.5. The number of nitrogens with one attached hydrogen (secondary N) is 1. The van der Waals surface area contributed by atoms with Gasteiger partial charge in [0.2, 0.25) is 11.8 Å². The molecule has 1 heterocycles. The number of hydrogen-bond donors (Lipinski definition) is 1. The van der Waals surface area contributed by atoms with Crippen LogP contribution in [0.5, 0.6) is 0 Å². The highest BCUT2D eigenvalue weighted by Crippen LogP contribution is 2.37. The van der Waals surface area contributed by atoms with E-state index in [4.69, 9.17) is 11.6 Å². The van der Waals surface area contributed by atoms with E-state index in [1.54, 1.807) is 15.9 Å². The number of carbonyl (C=O) groups is 3. The third-order valence-corrected chi connectivity index (χ3v) is 6.97. The van der Waals surface area contributed by atoms with Gasteiger partial charge in [-0.15, -0.1) is 0 Å². The first-order valence-electron chi connectivity index (χ1n) is 12.8. The SMILES string of the molecule is CC[C@H](C(=O)NC(C)(C)C)N(Cc1ccccc1Cl)C(=O)CCCN1C(=O)c2cccc3cccc1c23. The number of amides is 3. The fraction of sp³-hybridized carbons (Fsp3) is 0.367. The Balaban J connectivity index is 1.51. The molecule has 0 radical (unpaired) electrons. The minimum absolute atomic E-state index is 0.0387. The molecule has 1 N–H and O–H groups in total. The van der Waals surface area contributed by atoms with Crippen LogP contribution in [0.2, 0.25) is 5.02 Å². The molecule has 0 saturated carbocycles. The molecule has 0 aromatic heterocycles. The van der Waals surface area contributed by atoms with Crippen LogP contribution in [-0.2, 0) is 16.1 Å². The average Bonchev–Trinajstić information content (AvgIpc) is 3.12. The van der Waals surface area contributed by atoms with Crippen LogP contribution in [0.3, 0.4) is 0 Å². The van der Waals surface area contributed by atoms with E-state index >= 15 is 0 Å². The van der Waals surface area contributed by atoms with Crippen LogP contribution in [0.25, 0.3) is 10.8 Å². The molecule has 6 nitrogen and oxygen atoms in total. The molecule has 0 saturated heterocycles. The van der Waals surface area contributed by atoms with Gasteiger partial charge in [0.15, 0.2) is 0 Å². The van der Waals surface area contributed by atoms with Gasteiger partial charge in [-0.25, -0.2) is 0 Å². The van der Waals surface area contributed by atoms with Gasteiger partial charge < -0.3 is 15.1 Å². The van der Waals surface area contributed by atoms with Crippen molar-refractivity contribution in [1.82, 2.24) is 10.2 Å². The largest absolute Gasteiger partial charge is 0.350 e. The van der Waals surface area contributed by atoms with Crippen LogP contribution in [0.1, 0.15) is 62.9 Å². The van der Waals surface area contributed by atoms with E-state index in [0.29, 0.717) is 30.0 Å². The molecule has 1 aliphatic heterocycles. The zero-order chi connectivity index (χ0) is 26.7. The normalized spacial score (nSPS) is 13.6. The van der Waals surface area contributed by atoms with Gasteiger partial charge in [0.25, 0.3) is 5.91 Å². The third kappa shape index (κ3) is 5.80. The van der Waals surface area contributed by atoms with Gasteiger partial charge in [0.1, 0.15) is 6.04 Å². The van der Waals surface area contributed by atoms with E-state index in [2.05, 4.69) is 5.32 Å². The van der Waals surface area contributed by atoms with Gasteiger partial charge in [-0.3, -0.25) is 14.4 Å². The van der Waals surface area contributed by atoms with Crippen LogP contribution in [0.4, 0.5) is 5.69 Å². The highest BCUT2D eigenvalue weighted by molar-refractivity contribution is 6.31. The Morgan fingerprint density at radius 3 is 2.41 bits per heavy atom. The molecular weight excluding hydrogens is 486 g/mol. The number of carbonyl (C=O) groups excluding carboxylic acids is 3. The first kappa shape index (κ1) is 26.7. The van der Waals surface area contributed by atoms with Crippen molar-refractivity contribution in [3.05, 3.63) is 76.8 Å². The third-order valence-electron chi connectivity index (χ3n) is 6.60. The second-order valence-electron chi connectivity index (χ2n) is 10.5. The van der Waals surface area contributed by atoms with Gasteiger partial charge in [-0.1, -0.05) is 61.0 Å². The maximum absolute atomic E-state index is 13.6. The summed E-state index contributed by atoms with van der Waals surface area (Å²) in [7, 11) is 0. The second-order valence-corrected chi connectivity index (χ2v) is 10.9. The molecule has 0 spiro atoms. The quantitative estimate of drug-likeness (QED) is 0.379. The van der Waals surface area contributed by atoms with Gasteiger partial charge in [0, 0.05) is 41.0 Å². The lowest BCUT2D eigenvalue weighted by atomic mass is 10.0. The van der Waals surface area contributed by atoms with Crippen molar-refractivity contribution in [2.24, 2.45) is 0 Å². The lowest BCUT2D eigenvalue weighted by molar-refractivity contribution is -0.142. The van der Waals surface area contributed by atoms with Gasteiger partial charge in [-0.2, -0.15) is 0 Å². The van der Waals surface area contributed by atoms with Crippen LogP contribution < -0.4 is 10.2 Å². The van der Waals surface area contributed by atoms with E-state index < -0.39 is 11.6 Å². The molecule has 0 bridgehead atoms. The maximum Gasteiger partial charge on any atom is 0.258 e. The van der Waals surface area contributed by atoms with Gasteiger partial charge in [-0.05, 0) is 62.8 Å². The summed E-state index contributed by atoms with van der Waals surface area (Å²) < 4.78 is 0. The Morgan fingerprint density at radius 2 is 1.73 bits per heavy atom. The van der Waals surface area contributed by atoms with E-state index in [0.717, 1.165) is 22.0 Å². The van der Waals surface area contributed by atoms with E-state index in [9.17, 15) is 14.4 Å². The fourth-order valence-electron chi connectivity index (χ4n) is 4.92. The lowest BCUT2D eigenvalue weighted by Crippen LogP contribution is -2.53.